The molecule has 0 saturated heterocycles. The van der Waals surface area contributed by atoms with Crippen LogP contribution in [0.1, 0.15) is 38.3 Å². The SMILES string of the molecule is CCCc1cc(Cl)c(CC(C)C)cc1Cl. The lowest BCUT2D eigenvalue weighted by molar-refractivity contribution is 0.647. The van der Waals surface area contributed by atoms with Crippen LogP contribution in [-0.4, -0.2) is 0 Å². The summed E-state index contributed by atoms with van der Waals surface area (Å²) in [7, 11) is 0. The van der Waals surface area contributed by atoms with E-state index in [9.17, 15) is 0 Å². The van der Waals surface area contributed by atoms with Gasteiger partial charge in [-0.05, 0) is 42.0 Å². The Hall–Kier alpha value is -0.200. The quantitative estimate of drug-likeness (QED) is 0.688. The lowest BCUT2D eigenvalue weighted by Gasteiger charge is -2.11. The topological polar surface area (TPSA) is 0 Å². The Morgan fingerprint density at radius 1 is 1.07 bits per heavy atom. The Morgan fingerprint density at radius 2 is 1.60 bits per heavy atom. The van der Waals surface area contributed by atoms with E-state index in [2.05, 4.69) is 20.8 Å². The number of benzene rings is 1. The largest absolute Gasteiger partial charge is 0.0840 e. The van der Waals surface area contributed by atoms with Gasteiger partial charge in [-0.1, -0.05) is 50.4 Å². The van der Waals surface area contributed by atoms with Crippen LogP contribution in [0.25, 0.3) is 0 Å². The molecule has 1 rings (SSSR count). The average molecular weight is 245 g/mol. The van der Waals surface area contributed by atoms with Gasteiger partial charge in [-0.3, -0.25) is 0 Å². The van der Waals surface area contributed by atoms with Gasteiger partial charge in [0.25, 0.3) is 0 Å². The Bertz CT molecular complexity index is 330. The van der Waals surface area contributed by atoms with Crippen LogP contribution in [0.5, 0.6) is 0 Å². The molecular formula is C13H18Cl2. The van der Waals surface area contributed by atoms with Crippen LogP contribution in [0.3, 0.4) is 0 Å². The lowest BCUT2D eigenvalue weighted by Crippen LogP contribution is -1.97. The summed E-state index contributed by atoms with van der Waals surface area (Å²) in [6, 6.07) is 4.04. The maximum atomic E-state index is 6.22. The standard InChI is InChI=1S/C13H18Cl2/c1-4-5-10-7-13(15)11(6-9(2)3)8-12(10)14/h7-9H,4-6H2,1-3H3. The van der Waals surface area contributed by atoms with E-state index in [1.54, 1.807) is 0 Å². The Morgan fingerprint density at radius 3 is 2.13 bits per heavy atom. The minimum atomic E-state index is 0.607. The maximum Gasteiger partial charge on any atom is 0.0441 e. The summed E-state index contributed by atoms with van der Waals surface area (Å²) in [5, 5.41) is 1.72. The van der Waals surface area contributed by atoms with E-state index in [0.29, 0.717) is 5.92 Å². The van der Waals surface area contributed by atoms with Gasteiger partial charge in [0, 0.05) is 10.0 Å². The summed E-state index contributed by atoms with van der Waals surface area (Å²) in [6.07, 6.45) is 3.09. The van der Waals surface area contributed by atoms with Crippen molar-refractivity contribution in [2.24, 2.45) is 5.92 Å². The van der Waals surface area contributed by atoms with Crippen LogP contribution in [0, 0.1) is 5.92 Å². The van der Waals surface area contributed by atoms with Crippen molar-refractivity contribution >= 4 is 23.2 Å². The summed E-state index contributed by atoms with van der Waals surface area (Å²) in [6.45, 7) is 6.51. The first-order chi connectivity index (χ1) is 7.04. The molecule has 0 aliphatic carbocycles. The molecule has 0 nitrogen and oxygen atoms in total. The predicted octanol–water partition coefficient (Wildman–Crippen LogP) is 5.14. The third kappa shape index (κ3) is 3.70. The smallest absolute Gasteiger partial charge is 0.0441 e. The summed E-state index contributed by atoms with van der Waals surface area (Å²) in [4.78, 5) is 0. The molecule has 15 heavy (non-hydrogen) atoms. The molecule has 2 heteroatoms. The number of hydrogen-bond donors (Lipinski definition) is 0. The highest BCUT2D eigenvalue weighted by molar-refractivity contribution is 6.34. The number of hydrogen-bond acceptors (Lipinski definition) is 0. The van der Waals surface area contributed by atoms with E-state index in [1.807, 2.05) is 12.1 Å². The number of rotatable bonds is 4. The molecule has 0 heterocycles. The normalized spacial score (nSPS) is 11.1. The van der Waals surface area contributed by atoms with Crippen molar-refractivity contribution in [2.45, 2.75) is 40.0 Å². The fraction of sp³-hybridized carbons (Fsp3) is 0.538. The van der Waals surface area contributed by atoms with E-state index in [4.69, 9.17) is 23.2 Å². The van der Waals surface area contributed by atoms with Gasteiger partial charge >= 0.3 is 0 Å². The van der Waals surface area contributed by atoms with Gasteiger partial charge in [0.2, 0.25) is 0 Å². The maximum absolute atomic E-state index is 6.22. The van der Waals surface area contributed by atoms with Crippen LogP contribution in [0.4, 0.5) is 0 Å². The van der Waals surface area contributed by atoms with Gasteiger partial charge in [-0.15, -0.1) is 0 Å². The third-order valence-electron chi connectivity index (χ3n) is 2.36. The van der Waals surface area contributed by atoms with Crippen molar-refractivity contribution in [3.05, 3.63) is 33.3 Å². The molecule has 0 fully saturated rings. The molecule has 0 spiro atoms. The molecule has 0 saturated carbocycles. The minimum absolute atomic E-state index is 0.607. The zero-order valence-corrected chi connectivity index (χ0v) is 11.1. The minimum Gasteiger partial charge on any atom is -0.0840 e. The van der Waals surface area contributed by atoms with E-state index >= 15 is 0 Å². The van der Waals surface area contributed by atoms with Crippen molar-refractivity contribution in [3.63, 3.8) is 0 Å². The first-order valence-corrected chi connectivity index (χ1v) is 6.27. The van der Waals surface area contributed by atoms with Crippen LogP contribution in [0.15, 0.2) is 12.1 Å². The van der Waals surface area contributed by atoms with Crippen LogP contribution in [0.2, 0.25) is 10.0 Å². The van der Waals surface area contributed by atoms with Crippen molar-refractivity contribution in [1.82, 2.24) is 0 Å². The molecule has 0 aromatic heterocycles. The van der Waals surface area contributed by atoms with E-state index in [-0.39, 0.29) is 0 Å². The monoisotopic (exact) mass is 244 g/mol. The Balaban J connectivity index is 2.97. The van der Waals surface area contributed by atoms with E-state index < -0.39 is 0 Å². The highest BCUT2D eigenvalue weighted by atomic mass is 35.5. The van der Waals surface area contributed by atoms with Crippen molar-refractivity contribution in [3.8, 4) is 0 Å². The van der Waals surface area contributed by atoms with Crippen LogP contribution >= 0.6 is 23.2 Å². The van der Waals surface area contributed by atoms with Crippen molar-refractivity contribution in [2.75, 3.05) is 0 Å². The highest BCUT2D eigenvalue weighted by Crippen LogP contribution is 2.27. The molecule has 0 bridgehead atoms. The van der Waals surface area contributed by atoms with Gasteiger partial charge in [-0.25, -0.2) is 0 Å². The van der Waals surface area contributed by atoms with Crippen LogP contribution in [-0.2, 0) is 12.8 Å². The van der Waals surface area contributed by atoms with Gasteiger partial charge < -0.3 is 0 Å². The molecule has 0 aliphatic heterocycles. The second-order valence-electron chi connectivity index (χ2n) is 4.38. The summed E-state index contributed by atoms with van der Waals surface area (Å²) in [5.41, 5.74) is 2.33. The van der Waals surface area contributed by atoms with Crippen LogP contribution < -0.4 is 0 Å². The summed E-state index contributed by atoms with van der Waals surface area (Å²) in [5.74, 6) is 0.607. The van der Waals surface area contributed by atoms with Crippen molar-refractivity contribution < 1.29 is 0 Å². The fourth-order valence-electron chi connectivity index (χ4n) is 1.69. The molecule has 1 aromatic carbocycles. The molecule has 1 aromatic rings. The molecule has 84 valence electrons. The third-order valence-corrected chi connectivity index (χ3v) is 3.07. The molecule has 0 unspecified atom stereocenters. The zero-order chi connectivity index (χ0) is 11.4. The second-order valence-corrected chi connectivity index (χ2v) is 5.20. The molecule has 0 N–H and O–H groups in total. The fourth-order valence-corrected chi connectivity index (χ4v) is 2.23. The average Bonchev–Trinajstić information content (AvgIpc) is 2.13. The second kappa shape index (κ2) is 5.77. The Labute approximate surface area is 103 Å². The summed E-state index contributed by atoms with van der Waals surface area (Å²) < 4.78 is 0. The Kier molecular flexibility index (Phi) is 4.95. The number of halogens is 2. The van der Waals surface area contributed by atoms with Gasteiger partial charge in [-0.2, -0.15) is 0 Å². The molecular weight excluding hydrogens is 227 g/mol. The molecule has 0 atom stereocenters. The number of aryl methyl sites for hydroxylation is 1. The predicted molar refractivity (Wildman–Crippen MR) is 69.0 cm³/mol. The van der Waals surface area contributed by atoms with E-state index in [1.165, 1.54) is 0 Å². The zero-order valence-electron chi connectivity index (χ0n) is 9.61. The lowest BCUT2D eigenvalue weighted by atomic mass is 10.0. The first-order valence-electron chi connectivity index (χ1n) is 5.51. The van der Waals surface area contributed by atoms with Gasteiger partial charge in [0.15, 0.2) is 0 Å². The van der Waals surface area contributed by atoms with E-state index in [0.717, 1.165) is 40.4 Å². The highest BCUT2D eigenvalue weighted by Gasteiger charge is 2.08. The first kappa shape index (κ1) is 12.9. The van der Waals surface area contributed by atoms with Crippen molar-refractivity contribution in [1.29, 1.82) is 0 Å². The summed E-state index contributed by atoms with van der Waals surface area (Å²) >= 11 is 12.4. The molecule has 0 aliphatic rings. The molecule has 0 amide bonds. The molecule has 0 radical (unpaired) electrons. The van der Waals surface area contributed by atoms with Gasteiger partial charge in [0.05, 0.1) is 0 Å². The van der Waals surface area contributed by atoms with Gasteiger partial charge in [0.1, 0.15) is 0 Å².